The molecular formula is C22H18ClF3N4O3. The van der Waals surface area contributed by atoms with Crippen molar-refractivity contribution in [2.75, 3.05) is 10.6 Å². The van der Waals surface area contributed by atoms with Crippen molar-refractivity contribution in [3.05, 3.63) is 70.0 Å². The van der Waals surface area contributed by atoms with Crippen molar-refractivity contribution in [1.29, 1.82) is 0 Å². The number of alkyl halides is 3. The van der Waals surface area contributed by atoms with Crippen molar-refractivity contribution in [3.63, 3.8) is 0 Å². The predicted molar refractivity (Wildman–Crippen MR) is 117 cm³/mol. The Bertz CT molecular complexity index is 1270. The highest BCUT2D eigenvalue weighted by molar-refractivity contribution is 6.47. The predicted octanol–water partition coefficient (Wildman–Crippen LogP) is 4.94. The number of aromatic nitrogens is 2. The largest absolute Gasteiger partial charge is 0.416 e. The zero-order valence-electron chi connectivity index (χ0n) is 17.7. The molecule has 2 aromatic carbocycles. The number of aryl methyl sites for hydroxylation is 1. The summed E-state index contributed by atoms with van der Waals surface area (Å²) in [6.07, 6.45) is -4.54. The van der Waals surface area contributed by atoms with Crippen LogP contribution in [-0.4, -0.2) is 27.4 Å². The quantitative estimate of drug-likeness (QED) is 0.401. The highest BCUT2D eigenvalue weighted by atomic mass is 35.5. The van der Waals surface area contributed by atoms with E-state index in [0.717, 1.165) is 12.1 Å². The summed E-state index contributed by atoms with van der Waals surface area (Å²) < 4.78 is 40.4. The number of amides is 2. The Balaban J connectivity index is 1.87. The molecule has 33 heavy (non-hydrogen) atoms. The van der Waals surface area contributed by atoms with Gasteiger partial charge >= 0.3 is 6.18 Å². The Kier molecular flexibility index (Phi) is 6.59. The third kappa shape index (κ3) is 5.23. The lowest BCUT2D eigenvalue weighted by atomic mass is 10.1. The third-order valence-corrected chi connectivity index (χ3v) is 4.99. The maximum atomic E-state index is 13.1. The smallest absolute Gasteiger partial charge is 0.325 e. The van der Waals surface area contributed by atoms with E-state index in [9.17, 15) is 27.6 Å². The lowest BCUT2D eigenvalue weighted by molar-refractivity contribution is -0.137. The molecule has 3 rings (SSSR count). The molecule has 0 atom stereocenters. The number of anilines is 2. The van der Waals surface area contributed by atoms with E-state index >= 15 is 0 Å². The Morgan fingerprint density at radius 1 is 1.03 bits per heavy atom. The van der Waals surface area contributed by atoms with Gasteiger partial charge in [0.1, 0.15) is 0 Å². The molecule has 2 N–H and O–H groups in total. The zero-order chi connectivity index (χ0) is 24.5. The molecule has 0 saturated heterocycles. The number of rotatable bonds is 5. The van der Waals surface area contributed by atoms with Crippen LogP contribution in [-0.2, 0) is 15.8 Å². The third-order valence-electron chi connectivity index (χ3n) is 4.68. The molecule has 172 valence electrons. The normalized spacial score (nSPS) is 11.2. The lowest BCUT2D eigenvalue weighted by Gasteiger charge is -2.10. The molecule has 0 aliphatic heterocycles. The fourth-order valence-electron chi connectivity index (χ4n) is 3.22. The minimum Gasteiger partial charge on any atom is -0.325 e. The van der Waals surface area contributed by atoms with Crippen molar-refractivity contribution in [2.24, 2.45) is 0 Å². The van der Waals surface area contributed by atoms with Gasteiger partial charge in [0.15, 0.2) is 0 Å². The molecule has 7 nitrogen and oxygen atoms in total. The molecule has 0 radical (unpaired) electrons. The topological polar surface area (TPSA) is 93.1 Å². The lowest BCUT2D eigenvalue weighted by Crippen LogP contribution is -2.24. The first-order valence-electron chi connectivity index (χ1n) is 9.55. The van der Waals surface area contributed by atoms with Crippen molar-refractivity contribution >= 4 is 40.6 Å². The second-order valence-electron chi connectivity index (χ2n) is 7.16. The molecule has 2 amide bonds. The van der Waals surface area contributed by atoms with Crippen LogP contribution in [0.4, 0.5) is 24.5 Å². The van der Waals surface area contributed by atoms with Crippen LogP contribution in [0, 0.1) is 13.8 Å². The molecule has 0 fully saturated rings. The van der Waals surface area contributed by atoms with Crippen LogP contribution in [0.3, 0.4) is 0 Å². The Morgan fingerprint density at radius 3 is 2.33 bits per heavy atom. The molecule has 11 heteroatoms. The fourth-order valence-corrected chi connectivity index (χ4v) is 3.45. The number of halogens is 4. The van der Waals surface area contributed by atoms with Gasteiger partial charge in [-0.3, -0.25) is 14.4 Å². The van der Waals surface area contributed by atoms with Crippen LogP contribution in [0.1, 0.15) is 34.2 Å². The van der Waals surface area contributed by atoms with Gasteiger partial charge in [-0.15, -0.1) is 0 Å². The summed E-state index contributed by atoms with van der Waals surface area (Å²) in [5.74, 6) is -2.22. The van der Waals surface area contributed by atoms with Gasteiger partial charge in [0.2, 0.25) is 5.91 Å². The van der Waals surface area contributed by atoms with Gasteiger partial charge in [0.25, 0.3) is 11.7 Å². The standard InChI is InChI=1S/C22H18ClF3N4O3/c1-11-19(12(2)30(29-11)16-6-4-5-14(9-16)22(24,25)26)20(32)21(33)28-15-7-8-18(17(23)10-15)27-13(3)31/h4-10H,1-3H3,(H,27,31)(H,28,33). The van der Waals surface area contributed by atoms with Crippen molar-refractivity contribution in [2.45, 2.75) is 26.9 Å². The SMILES string of the molecule is CC(=O)Nc1ccc(NC(=O)C(=O)c2c(C)nn(-c3cccc(C(F)(F)F)c3)c2C)cc1Cl. The first kappa shape index (κ1) is 24.0. The number of hydrogen-bond donors (Lipinski definition) is 2. The number of Topliss-reactive ketones (excluding diaryl/α,β-unsaturated/α-hetero) is 1. The molecule has 0 aliphatic carbocycles. The fraction of sp³-hybridized carbons (Fsp3) is 0.182. The van der Waals surface area contributed by atoms with Crippen molar-refractivity contribution in [1.82, 2.24) is 9.78 Å². The average Bonchev–Trinajstić information content (AvgIpc) is 3.02. The molecule has 3 aromatic rings. The molecule has 0 saturated carbocycles. The van der Waals surface area contributed by atoms with E-state index in [1.165, 1.54) is 55.8 Å². The summed E-state index contributed by atoms with van der Waals surface area (Å²) >= 11 is 6.08. The number of carbonyl (C=O) groups excluding carboxylic acids is 3. The number of nitrogens with one attached hydrogen (secondary N) is 2. The van der Waals surface area contributed by atoms with Crippen LogP contribution in [0.25, 0.3) is 5.69 Å². The van der Waals surface area contributed by atoms with Crippen molar-refractivity contribution in [3.8, 4) is 5.69 Å². The second-order valence-corrected chi connectivity index (χ2v) is 7.57. The molecule has 1 aromatic heterocycles. The monoisotopic (exact) mass is 478 g/mol. The van der Waals surface area contributed by atoms with Gasteiger partial charge in [-0.1, -0.05) is 17.7 Å². The van der Waals surface area contributed by atoms with Crippen molar-refractivity contribution < 1.29 is 27.6 Å². The first-order valence-corrected chi connectivity index (χ1v) is 9.93. The summed E-state index contributed by atoms with van der Waals surface area (Å²) in [5, 5.41) is 9.25. The highest BCUT2D eigenvalue weighted by Gasteiger charge is 2.31. The summed E-state index contributed by atoms with van der Waals surface area (Å²) in [6.45, 7) is 4.28. The van der Waals surface area contributed by atoms with Gasteiger partial charge in [-0.25, -0.2) is 4.68 Å². The summed E-state index contributed by atoms with van der Waals surface area (Å²) in [6, 6.07) is 8.77. The second kappa shape index (κ2) is 9.07. The number of nitrogens with zero attached hydrogens (tertiary/aromatic N) is 2. The Hall–Kier alpha value is -3.66. The molecule has 0 unspecified atom stereocenters. The van der Waals surface area contributed by atoms with E-state index in [1.54, 1.807) is 0 Å². The van der Waals surface area contributed by atoms with Crippen LogP contribution < -0.4 is 10.6 Å². The first-order chi connectivity index (χ1) is 15.4. The molecule has 0 bridgehead atoms. The van der Waals surface area contributed by atoms with E-state index in [2.05, 4.69) is 15.7 Å². The van der Waals surface area contributed by atoms with Gasteiger partial charge in [0.05, 0.1) is 38.9 Å². The number of ketones is 1. The van der Waals surface area contributed by atoms with Crippen LogP contribution in [0.15, 0.2) is 42.5 Å². The number of carbonyl (C=O) groups is 3. The molecule has 0 aliphatic rings. The van der Waals surface area contributed by atoms with E-state index in [4.69, 9.17) is 11.6 Å². The molecule has 1 heterocycles. The van der Waals surface area contributed by atoms with Crippen LogP contribution in [0.2, 0.25) is 5.02 Å². The van der Waals surface area contributed by atoms with Crippen LogP contribution in [0.5, 0.6) is 0 Å². The number of hydrogen-bond acceptors (Lipinski definition) is 4. The Morgan fingerprint density at radius 2 is 1.73 bits per heavy atom. The van der Waals surface area contributed by atoms with Gasteiger partial charge in [0, 0.05) is 12.6 Å². The van der Waals surface area contributed by atoms with Crippen LogP contribution >= 0.6 is 11.6 Å². The Labute approximate surface area is 191 Å². The highest BCUT2D eigenvalue weighted by Crippen LogP contribution is 2.31. The van der Waals surface area contributed by atoms with E-state index in [0.29, 0.717) is 5.69 Å². The maximum absolute atomic E-state index is 13.1. The molecule has 0 spiro atoms. The van der Waals surface area contributed by atoms with Gasteiger partial charge in [-0.05, 0) is 50.2 Å². The van der Waals surface area contributed by atoms with Gasteiger partial charge in [-0.2, -0.15) is 18.3 Å². The zero-order valence-corrected chi connectivity index (χ0v) is 18.4. The average molecular weight is 479 g/mol. The summed E-state index contributed by atoms with van der Waals surface area (Å²) in [5.41, 5.74) is 0.166. The molecular weight excluding hydrogens is 461 g/mol. The van der Waals surface area contributed by atoms with E-state index in [-0.39, 0.29) is 39.3 Å². The minimum atomic E-state index is -4.54. The summed E-state index contributed by atoms with van der Waals surface area (Å²) in [4.78, 5) is 36.5. The summed E-state index contributed by atoms with van der Waals surface area (Å²) in [7, 11) is 0. The van der Waals surface area contributed by atoms with Gasteiger partial charge < -0.3 is 10.6 Å². The minimum absolute atomic E-state index is 0.0223. The van der Waals surface area contributed by atoms with E-state index < -0.39 is 23.4 Å². The maximum Gasteiger partial charge on any atom is 0.416 e. The van der Waals surface area contributed by atoms with E-state index in [1.807, 2.05) is 0 Å². The number of benzene rings is 2.